The second kappa shape index (κ2) is 6.02. The predicted molar refractivity (Wildman–Crippen MR) is 88.3 cm³/mol. The van der Waals surface area contributed by atoms with Gasteiger partial charge in [-0.05, 0) is 24.6 Å². The first-order valence-corrected chi connectivity index (χ1v) is 7.34. The Morgan fingerprint density at radius 3 is 2.64 bits per heavy atom. The quantitative estimate of drug-likeness (QED) is 0.868. The Bertz CT molecular complexity index is 723. The van der Waals surface area contributed by atoms with Crippen LogP contribution in [0.2, 0.25) is 0 Å². The van der Waals surface area contributed by atoms with Crippen LogP contribution in [0.5, 0.6) is 5.75 Å². The number of anilines is 1. The molecule has 0 spiro atoms. The van der Waals surface area contributed by atoms with E-state index >= 15 is 0 Å². The lowest BCUT2D eigenvalue weighted by atomic mass is 10.1. The Balaban J connectivity index is 2.13. The minimum atomic E-state index is 0.0529. The molecule has 0 atom stereocenters. The van der Waals surface area contributed by atoms with Gasteiger partial charge in [-0.2, -0.15) is 0 Å². The van der Waals surface area contributed by atoms with Gasteiger partial charge < -0.3 is 9.64 Å². The second-order valence-corrected chi connectivity index (χ2v) is 5.09. The molecule has 0 N–H and O–H groups in total. The number of methoxy groups -OCH3 is 1. The van der Waals surface area contributed by atoms with Crippen molar-refractivity contribution in [3.05, 3.63) is 54.1 Å². The number of ether oxygens (including phenoxy) is 1. The molecule has 4 heteroatoms. The van der Waals surface area contributed by atoms with E-state index in [2.05, 4.69) is 0 Å². The number of aliphatic imine (C=N–C) groups is 1. The fourth-order valence-electron chi connectivity index (χ4n) is 2.64. The van der Waals surface area contributed by atoms with Crippen molar-refractivity contribution in [3.8, 4) is 5.75 Å². The van der Waals surface area contributed by atoms with Crippen molar-refractivity contribution < 1.29 is 9.53 Å². The van der Waals surface area contributed by atoms with E-state index in [4.69, 9.17) is 9.73 Å². The highest BCUT2D eigenvalue weighted by molar-refractivity contribution is 6.17. The molecule has 0 aliphatic carbocycles. The van der Waals surface area contributed by atoms with Crippen molar-refractivity contribution in [3.63, 3.8) is 0 Å². The van der Waals surface area contributed by atoms with Crippen LogP contribution in [0, 0.1) is 0 Å². The van der Waals surface area contributed by atoms with E-state index in [1.165, 1.54) is 0 Å². The van der Waals surface area contributed by atoms with Crippen LogP contribution in [-0.2, 0) is 4.79 Å². The lowest BCUT2D eigenvalue weighted by Crippen LogP contribution is -2.31. The highest BCUT2D eigenvalue weighted by Gasteiger charge is 2.24. The van der Waals surface area contributed by atoms with Gasteiger partial charge in [-0.15, -0.1) is 0 Å². The summed E-state index contributed by atoms with van der Waals surface area (Å²) in [5, 5.41) is 0. The molecule has 2 aromatic carbocycles. The lowest BCUT2D eigenvalue weighted by Gasteiger charge is -2.20. The van der Waals surface area contributed by atoms with Crippen LogP contribution in [0.1, 0.15) is 18.9 Å². The zero-order valence-corrected chi connectivity index (χ0v) is 12.7. The van der Waals surface area contributed by atoms with E-state index in [9.17, 15) is 4.79 Å². The second-order valence-electron chi connectivity index (χ2n) is 5.09. The Labute approximate surface area is 130 Å². The molecule has 1 aliphatic heterocycles. The number of benzene rings is 2. The van der Waals surface area contributed by atoms with Gasteiger partial charge in [0.1, 0.15) is 5.75 Å². The summed E-state index contributed by atoms with van der Waals surface area (Å²) in [7, 11) is 1.62. The first-order valence-electron chi connectivity index (χ1n) is 7.34. The number of hydrogen-bond acceptors (Lipinski definition) is 3. The molecule has 0 saturated carbocycles. The molecule has 22 heavy (non-hydrogen) atoms. The summed E-state index contributed by atoms with van der Waals surface area (Å²) in [6.45, 7) is 2.57. The monoisotopic (exact) mass is 294 g/mol. The summed E-state index contributed by atoms with van der Waals surface area (Å²) >= 11 is 0. The summed E-state index contributed by atoms with van der Waals surface area (Å²) in [5.74, 6) is 0.778. The molecule has 1 amide bonds. The van der Waals surface area contributed by atoms with Crippen LogP contribution < -0.4 is 9.64 Å². The van der Waals surface area contributed by atoms with E-state index in [1.54, 1.807) is 12.0 Å². The first-order chi connectivity index (χ1) is 10.7. The number of amides is 1. The Morgan fingerprint density at radius 2 is 1.95 bits per heavy atom. The van der Waals surface area contributed by atoms with Crippen LogP contribution in [0.3, 0.4) is 0 Å². The number of nitrogens with zero attached hydrogens (tertiary/aromatic N) is 2. The standard InChI is InChI=1S/C18H18N2O2/c1-3-20-17-11-14(22-2)9-10-15(17)19-16(12-18(20)21)13-7-5-4-6-8-13/h4-11H,3,12H2,1-2H3. The van der Waals surface area contributed by atoms with Gasteiger partial charge in [0.05, 0.1) is 30.6 Å². The van der Waals surface area contributed by atoms with Crippen LogP contribution in [0.15, 0.2) is 53.5 Å². The third-order valence-electron chi connectivity index (χ3n) is 3.77. The van der Waals surface area contributed by atoms with Gasteiger partial charge in [-0.25, -0.2) is 0 Å². The summed E-state index contributed by atoms with van der Waals surface area (Å²) in [5.41, 5.74) is 3.38. The van der Waals surface area contributed by atoms with Crippen molar-refractivity contribution in [1.29, 1.82) is 0 Å². The molecule has 112 valence electrons. The fraction of sp³-hybridized carbons (Fsp3) is 0.222. The zero-order chi connectivity index (χ0) is 15.5. The number of carbonyl (C=O) groups excluding carboxylic acids is 1. The Kier molecular flexibility index (Phi) is 3.92. The summed E-state index contributed by atoms with van der Waals surface area (Å²) in [6, 6.07) is 15.5. The number of carbonyl (C=O) groups is 1. The number of rotatable bonds is 3. The van der Waals surface area contributed by atoms with E-state index in [0.29, 0.717) is 13.0 Å². The van der Waals surface area contributed by atoms with Crippen molar-refractivity contribution in [2.24, 2.45) is 4.99 Å². The molecular weight excluding hydrogens is 276 g/mol. The van der Waals surface area contributed by atoms with Crippen LogP contribution in [0.25, 0.3) is 0 Å². The summed E-state index contributed by atoms with van der Waals surface area (Å²) in [6.07, 6.45) is 0.300. The smallest absolute Gasteiger partial charge is 0.233 e. The molecule has 4 nitrogen and oxygen atoms in total. The van der Waals surface area contributed by atoms with Gasteiger partial charge in [-0.1, -0.05) is 30.3 Å². The van der Waals surface area contributed by atoms with E-state index in [0.717, 1.165) is 28.4 Å². The maximum atomic E-state index is 12.6. The van der Waals surface area contributed by atoms with Crippen LogP contribution in [-0.4, -0.2) is 25.3 Å². The van der Waals surface area contributed by atoms with Crippen LogP contribution >= 0.6 is 0 Å². The SMILES string of the molecule is CCN1C(=O)CC(c2ccccc2)=Nc2ccc(OC)cc21. The molecule has 0 fully saturated rings. The van der Waals surface area contributed by atoms with Crippen LogP contribution in [0.4, 0.5) is 11.4 Å². The number of hydrogen-bond donors (Lipinski definition) is 0. The largest absolute Gasteiger partial charge is 0.497 e. The molecule has 0 radical (unpaired) electrons. The van der Waals surface area contributed by atoms with Gasteiger partial charge in [0.25, 0.3) is 0 Å². The van der Waals surface area contributed by atoms with E-state index in [1.807, 2.05) is 55.5 Å². The Hall–Kier alpha value is -2.62. The summed E-state index contributed by atoms with van der Waals surface area (Å²) in [4.78, 5) is 19.1. The molecule has 0 bridgehead atoms. The third kappa shape index (κ3) is 2.60. The van der Waals surface area contributed by atoms with E-state index < -0.39 is 0 Å². The van der Waals surface area contributed by atoms with Crippen molar-refractivity contribution in [1.82, 2.24) is 0 Å². The van der Waals surface area contributed by atoms with Gasteiger partial charge >= 0.3 is 0 Å². The zero-order valence-electron chi connectivity index (χ0n) is 12.7. The summed E-state index contributed by atoms with van der Waals surface area (Å²) < 4.78 is 5.27. The van der Waals surface area contributed by atoms with Crippen molar-refractivity contribution in [2.75, 3.05) is 18.6 Å². The topological polar surface area (TPSA) is 41.9 Å². The van der Waals surface area contributed by atoms with Gasteiger partial charge in [0.15, 0.2) is 0 Å². The average Bonchev–Trinajstić information content (AvgIpc) is 2.70. The molecule has 1 heterocycles. The molecule has 0 saturated heterocycles. The fourth-order valence-corrected chi connectivity index (χ4v) is 2.64. The minimum absolute atomic E-state index is 0.0529. The highest BCUT2D eigenvalue weighted by atomic mass is 16.5. The van der Waals surface area contributed by atoms with Crippen molar-refractivity contribution in [2.45, 2.75) is 13.3 Å². The molecule has 1 aliphatic rings. The first kappa shape index (κ1) is 14.3. The average molecular weight is 294 g/mol. The van der Waals surface area contributed by atoms with Gasteiger partial charge in [0.2, 0.25) is 5.91 Å². The molecule has 2 aromatic rings. The number of fused-ring (bicyclic) bond motifs is 1. The minimum Gasteiger partial charge on any atom is -0.497 e. The normalized spacial score (nSPS) is 14.2. The highest BCUT2D eigenvalue weighted by Crippen LogP contribution is 2.35. The Morgan fingerprint density at radius 1 is 1.18 bits per heavy atom. The van der Waals surface area contributed by atoms with Gasteiger partial charge in [-0.3, -0.25) is 9.79 Å². The molecular formula is C18H18N2O2. The maximum absolute atomic E-state index is 12.6. The van der Waals surface area contributed by atoms with Gasteiger partial charge in [0, 0.05) is 12.6 Å². The lowest BCUT2D eigenvalue weighted by molar-refractivity contribution is -0.117. The maximum Gasteiger partial charge on any atom is 0.233 e. The van der Waals surface area contributed by atoms with Crippen molar-refractivity contribution >= 4 is 23.0 Å². The third-order valence-corrected chi connectivity index (χ3v) is 3.77. The molecule has 0 aromatic heterocycles. The molecule has 3 rings (SSSR count). The predicted octanol–water partition coefficient (Wildman–Crippen LogP) is 3.57. The van der Waals surface area contributed by atoms with E-state index in [-0.39, 0.29) is 5.91 Å². The molecule has 0 unspecified atom stereocenters.